The van der Waals surface area contributed by atoms with Crippen molar-refractivity contribution >= 4 is 51.4 Å². The van der Waals surface area contributed by atoms with E-state index < -0.39 is 0 Å². The molecule has 0 radical (unpaired) electrons. The number of carbonyl (C=O) groups is 2. The summed E-state index contributed by atoms with van der Waals surface area (Å²) < 4.78 is 5.12. The summed E-state index contributed by atoms with van der Waals surface area (Å²) in [4.78, 5) is 26.2. The average molecular weight is 402 g/mol. The van der Waals surface area contributed by atoms with E-state index in [1.165, 1.54) is 23.3 Å². The maximum absolute atomic E-state index is 12.8. The van der Waals surface area contributed by atoms with Gasteiger partial charge in [-0.3, -0.25) is 4.79 Å². The fourth-order valence-electron chi connectivity index (χ4n) is 3.79. The monoisotopic (exact) mass is 401 g/mol. The van der Waals surface area contributed by atoms with E-state index in [4.69, 9.17) is 27.9 Å². The molecule has 1 N–H and O–H groups in total. The number of ether oxygens (including phenoxy) is 1. The van der Waals surface area contributed by atoms with Crippen LogP contribution in [-0.4, -0.2) is 19.0 Å². The number of fused-ring (bicyclic) bond motifs is 1. The quantitative estimate of drug-likeness (QED) is 0.726. The summed E-state index contributed by atoms with van der Waals surface area (Å²) in [5, 5.41) is 3.57. The van der Waals surface area contributed by atoms with Gasteiger partial charge in [0.2, 0.25) is 5.91 Å². The van der Waals surface area contributed by atoms with E-state index in [2.05, 4.69) is 5.32 Å². The molecule has 1 heterocycles. The van der Waals surface area contributed by atoms with Gasteiger partial charge in [0.05, 0.1) is 18.6 Å². The Kier molecular flexibility index (Phi) is 5.20. The van der Waals surface area contributed by atoms with Crippen LogP contribution in [0.3, 0.4) is 0 Å². The van der Waals surface area contributed by atoms with Gasteiger partial charge in [-0.25, -0.2) is 4.79 Å². The van der Waals surface area contributed by atoms with Gasteiger partial charge in [-0.15, -0.1) is 11.3 Å². The van der Waals surface area contributed by atoms with Crippen LogP contribution in [0.2, 0.25) is 0 Å². The second-order valence-corrected chi connectivity index (χ2v) is 9.29. The highest BCUT2D eigenvalue weighted by Crippen LogP contribution is 2.60. The van der Waals surface area contributed by atoms with Crippen LogP contribution in [0.25, 0.3) is 0 Å². The van der Waals surface area contributed by atoms with Crippen LogP contribution in [0.5, 0.6) is 0 Å². The molecule has 2 unspecified atom stereocenters. The first-order valence-corrected chi connectivity index (χ1v) is 9.91. The Labute approximate surface area is 161 Å². The molecule has 4 nitrogen and oxygen atoms in total. The molecule has 1 fully saturated rings. The number of esters is 1. The molecule has 0 aliphatic heterocycles. The van der Waals surface area contributed by atoms with Crippen LogP contribution in [0, 0.1) is 17.3 Å². The van der Waals surface area contributed by atoms with Crippen molar-refractivity contribution in [2.75, 3.05) is 12.4 Å². The van der Waals surface area contributed by atoms with Gasteiger partial charge in [0.25, 0.3) is 0 Å². The van der Waals surface area contributed by atoms with Crippen molar-refractivity contribution in [1.29, 1.82) is 0 Å². The number of allylic oxidation sites excluding steroid dienone is 1. The largest absolute Gasteiger partial charge is 0.465 e. The van der Waals surface area contributed by atoms with Crippen molar-refractivity contribution < 1.29 is 14.3 Å². The summed E-state index contributed by atoms with van der Waals surface area (Å²) >= 11 is 13.0. The third-order valence-corrected chi connectivity index (χ3v) is 6.76. The summed E-state index contributed by atoms with van der Waals surface area (Å²) in [5.74, 6) is -0.715. The normalized spacial score (nSPS) is 23.4. The Morgan fingerprint density at radius 2 is 1.96 bits per heavy atom. The van der Waals surface area contributed by atoms with Gasteiger partial charge >= 0.3 is 5.97 Å². The zero-order valence-electron chi connectivity index (χ0n) is 14.4. The summed E-state index contributed by atoms with van der Waals surface area (Å²) in [6.07, 6.45) is 5.68. The van der Waals surface area contributed by atoms with Crippen LogP contribution >= 0.6 is 34.5 Å². The number of methoxy groups -OCH3 is 1. The number of rotatable bonds is 4. The minimum atomic E-state index is -0.384. The topological polar surface area (TPSA) is 55.4 Å². The molecule has 1 saturated carbocycles. The fourth-order valence-corrected chi connectivity index (χ4v) is 5.34. The molecule has 0 bridgehead atoms. The third kappa shape index (κ3) is 3.46. The molecule has 2 aliphatic rings. The standard InChI is InChI=1S/C18H21Cl2NO3S/c1-18(2)10(8-12(19)20)14(18)15(22)21-16-13(17(23)24-3)9-6-4-5-7-11(9)25-16/h8,10,14H,4-7H2,1-3H3,(H,21,22). The number of amides is 1. The number of aryl methyl sites for hydroxylation is 1. The van der Waals surface area contributed by atoms with Gasteiger partial charge < -0.3 is 10.1 Å². The number of anilines is 1. The van der Waals surface area contributed by atoms with E-state index in [1.54, 1.807) is 6.08 Å². The van der Waals surface area contributed by atoms with Gasteiger partial charge in [0, 0.05) is 4.88 Å². The Bertz CT molecular complexity index is 750. The van der Waals surface area contributed by atoms with Crippen molar-refractivity contribution in [3.8, 4) is 0 Å². The van der Waals surface area contributed by atoms with E-state index in [0.29, 0.717) is 10.6 Å². The van der Waals surface area contributed by atoms with Crippen LogP contribution in [0.1, 0.15) is 47.5 Å². The third-order valence-electron chi connectivity index (χ3n) is 5.30. The highest BCUT2D eigenvalue weighted by molar-refractivity contribution is 7.17. The van der Waals surface area contributed by atoms with Crippen molar-refractivity contribution in [2.24, 2.45) is 17.3 Å². The van der Waals surface area contributed by atoms with Gasteiger partial charge in [-0.2, -0.15) is 0 Å². The molecule has 2 aliphatic carbocycles. The highest BCUT2D eigenvalue weighted by atomic mass is 35.5. The Balaban J connectivity index is 1.86. The lowest BCUT2D eigenvalue weighted by Crippen LogP contribution is -2.18. The van der Waals surface area contributed by atoms with Crippen molar-refractivity contribution in [1.82, 2.24) is 0 Å². The number of hydrogen-bond donors (Lipinski definition) is 1. The molecule has 2 atom stereocenters. The van der Waals surface area contributed by atoms with Gasteiger partial charge in [0.15, 0.2) is 0 Å². The van der Waals surface area contributed by atoms with E-state index in [0.717, 1.165) is 31.2 Å². The van der Waals surface area contributed by atoms with E-state index in [-0.39, 0.29) is 33.6 Å². The van der Waals surface area contributed by atoms with Gasteiger partial charge in [-0.05, 0) is 48.7 Å². The van der Waals surface area contributed by atoms with Crippen LogP contribution in [0.4, 0.5) is 5.00 Å². The first-order valence-electron chi connectivity index (χ1n) is 8.34. The molecule has 1 aromatic heterocycles. The molecule has 3 rings (SSSR count). The molecule has 0 spiro atoms. The smallest absolute Gasteiger partial charge is 0.341 e. The first kappa shape index (κ1) is 18.7. The minimum Gasteiger partial charge on any atom is -0.465 e. The SMILES string of the molecule is COC(=O)c1c(NC(=O)C2C(C=C(Cl)Cl)C2(C)C)sc2c1CCCC2. The summed E-state index contributed by atoms with van der Waals surface area (Å²) in [5.41, 5.74) is 1.35. The predicted octanol–water partition coefficient (Wildman–Crippen LogP) is 4.94. The van der Waals surface area contributed by atoms with Crippen LogP contribution in [0.15, 0.2) is 10.6 Å². The molecule has 1 aromatic rings. The van der Waals surface area contributed by atoms with Crippen molar-refractivity contribution in [2.45, 2.75) is 39.5 Å². The average Bonchev–Trinajstić information content (AvgIpc) is 2.90. The molecule has 136 valence electrons. The Hall–Kier alpha value is -1.04. The van der Waals surface area contributed by atoms with Crippen LogP contribution < -0.4 is 5.32 Å². The molecule has 0 aromatic carbocycles. The van der Waals surface area contributed by atoms with Gasteiger partial charge in [0.1, 0.15) is 9.49 Å². The highest BCUT2D eigenvalue weighted by Gasteiger charge is 2.60. The lowest BCUT2D eigenvalue weighted by molar-refractivity contribution is -0.118. The second-order valence-electron chi connectivity index (χ2n) is 7.18. The lowest BCUT2D eigenvalue weighted by Gasteiger charge is -2.11. The van der Waals surface area contributed by atoms with E-state index in [9.17, 15) is 9.59 Å². The predicted molar refractivity (Wildman–Crippen MR) is 101 cm³/mol. The van der Waals surface area contributed by atoms with E-state index in [1.807, 2.05) is 13.8 Å². The zero-order valence-corrected chi connectivity index (χ0v) is 16.8. The van der Waals surface area contributed by atoms with Crippen molar-refractivity contribution in [3.63, 3.8) is 0 Å². The molecule has 25 heavy (non-hydrogen) atoms. The summed E-state index contributed by atoms with van der Waals surface area (Å²) in [6.45, 7) is 4.02. The summed E-state index contributed by atoms with van der Waals surface area (Å²) in [7, 11) is 1.37. The Morgan fingerprint density at radius 3 is 2.60 bits per heavy atom. The van der Waals surface area contributed by atoms with Crippen molar-refractivity contribution in [3.05, 3.63) is 26.6 Å². The summed E-state index contributed by atoms with van der Waals surface area (Å²) in [6, 6.07) is 0. The molecular formula is C18H21Cl2NO3S. The maximum Gasteiger partial charge on any atom is 0.341 e. The van der Waals surface area contributed by atoms with Gasteiger partial charge in [-0.1, -0.05) is 37.0 Å². The minimum absolute atomic E-state index is 0.00587. The zero-order chi connectivity index (χ0) is 18.4. The molecular weight excluding hydrogens is 381 g/mol. The lowest BCUT2D eigenvalue weighted by atomic mass is 9.95. The number of hydrogen-bond acceptors (Lipinski definition) is 4. The molecule has 1 amide bonds. The first-order chi connectivity index (χ1) is 11.8. The number of nitrogens with one attached hydrogen (secondary N) is 1. The Morgan fingerprint density at radius 1 is 1.28 bits per heavy atom. The van der Waals surface area contributed by atoms with E-state index >= 15 is 0 Å². The second kappa shape index (κ2) is 6.93. The van der Waals surface area contributed by atoms with Crippen LogP contribution in [-0.2, 0) is 22.4 Å². The maximum atomic E-state index is 12.8. The number of carbonyl (C=O) groups excluding carboxylic acids is 2. The fraction of sp³-hybridized carbons (Fsp3) is 0.556. The molecule has 0 saturated heterocycles. The number of halogens is 2. The molecule has 7 heteroatoms. The number of thiophene rings is 1.